The van der Waals surface area contributed by atoms with Crippen molar-refractivity contribution in [3.63, 3.8) is 0 Å². The lowest BCUT2D eigenvalue weighted by atomic mass is 10.1. The van der Waals surface area contributed by atoms with E-state index in [-0.39, 0.29) is 5.97 Å². The second-order valence-electron chi connectivity index (χ2n) is 4.92. The zero-order chi connectivity index (χ0) is 11.9. The molecule has 0 aromatic carbocycles. The van der Waals surface area contributed by atoms with Crippen molar-refractivity contribution < 1.29 is 9.53 Å². The van der Waals surface area contributed by atoms with Crippen molar-refractivity contribution in [1.29, 1.82) is 0 Å². The molecule has 1 atom stereocenters. The van der Waals surface area contributed by atoms with Crippen LogP contribution in [0.4, 0.5) is 0 Å². The summed E-state index contributed by atoms with van der Waals surface area (Å²) in [5.74, 6) is 0.236. The Balaban J connectivity index is 2.20. The molecular weight excluding hydrogens is 222 g/mol. The molecule has 0 N–H and O–H groups in total. The molecule has 1 aromatic heterocycles. The number of aryl methyl sites for hydroxylation is 1. The van der Waals surface area contributed by atoms with E-state index in [0.717, 1.165) is 9.88 Å². The molecule has 1 fully saturated rings. The first-order chi connectivity index (χ1) is 7.45. The van der Waals surface area contributed by atoms with Gasteiger partial charge in [-0.05, 0) is 25.7 Å². The molecule has 1 aliphatic carbocycles. The van der Waals surface area contributed by atoms with Crippen molar-refractivity contribution in [2.24, 2.45) is 5.41 Å². The molecule has 0 spiro atoms. The van der Waals surface area contributed by atoms with Gasteiger partial charge in [0.05, 0.1) is 11.6 Å². The fourth-order valence-corrected chi connectivity index (χ4v) is 3.06. The van der Waals surface area contributed by atoms with Crippen molar-refractivity contribution in [3.05, 3.63) is 15.6 Å². The van der Waals surface area contributed by atoms with E-state index in [1.807, 2.05) is 13.8 Å². The Morgan fingerprint density at radius 1 is 1.62 bits per heavy atom. The number of hydrogen-bond donors (Lipinski definition) is 0. The van der Waals surface area contributed by atoms with E-state index in [9.17, 15) is 4.79 Å². The molecular formula is C12H17NO2S. The molecule has 4 heteroatoms. The van der Waals surface area contributed by atoms with Crippen molar-refractivity contribution in [1.82, 2.24) is 4.98 Å². The Kier molecular flexibility index (Phi) is 2.78. The SMILES string of the molecule is CCOC(=O)c1nc(C2CC2(C)C)sc1C. The van der Waals surface area contributed by atoms with Gasteiger partial charge < -0.3 is 4.74 Å². The predicted octanol–water partition coefficient (Wildman–Crippen LogP) is 3.14. The van der Waals surface area contributed by atoms with Gasteiger partial charge >= 0.3 is 5.97 Å². The van der Waals surface area contributed by atoms with Gasteiger partial charge in [0, 0.05) is 10.8 Å². The number of thiazole rings is 1. The summed E-state index contributed by atoms with van der Waals surface area (Å²) in [6.45, 7) is 8.62. The zero-order valence-corrected chi connectivity index (χ0v) is 11.0. The Bertz CT molecular complexity index is 423. The first-order valence-electron chi connectivity index (χ1n) is 5.60. The highest BCUT2D eigenvalue weighted by atomic mass is 32.1. The molecule has 1 unspecified atom stereocenters. The normalized spacial score (nSPS) is 21.9. The average molecular weight is 239 g/mol. The third-order valence-corrected chi connectivity index (χ3v) is 4.18. The number of aromatic nitrogens is 1. The zero-order valence-electron chi connectivity index (χ0n) is 10.2. The minimum Gasteiger partial charge on any atom is -0.461 e. The van der Waals surface area contributed by atoms with Crippen LogP contribution in [0.3, 0.4) is 0 Å². The maximum Gasteiger partial charge on any atom is 0.358 e. The number of hydrogen-bond acceptors (Lipinski definition) is 4. The lowest BCUT2D eigenvalue weighted by Crippen LogP contribution is -2.06. The minimum atomic E-state index is -0.291. The van der Waals surface area contributed by atoms with Crippen LogP contribution in [0, 0.1) is 12.3 Å². The summed E-state index contributed by atoms with van der Waals surface area (Å²) in [6.07, 6.45) is 1.17. The predicted molar refractivity (Wildman–Crippen MR) is 63.9 cm³/mol. The molecule has 88 valence electrons. The van der Waals surface area contributed by atoms with Gasteiger partial charge in [-0.3, -0.25) is 0 Å². The average Bonchev–Trinajstić information content (AvgIpc) is 2.67. The number of esters is 1. The van der Waals surface area contributed by atoms with E-state index in [1.54, 1.807) is 11.3 Å². The van der Waals surface area contributed by atoms with Crippen LogP contribution in [0.2, 0.25) is 0 Å². The standard InChI is InChI=1S/C12H17NO2S/c1-5-15-11(14)9-7(2)16-10(13-9)8-6-12(8,3)4/h8H,5-6H2,1-4H3. The highest BCUT2D eigenvalue weighted by Gasteiger charge is 2.48. The molecule has 16 heavy (non-hydrogen) atoms. The van der Waals surface area contributed by atoms with Crippen LogP contribution in [0.5, 0.6) is 0 Å². The summed E-state index contributed by atoms with van der Waals surface area (Å²) in [6, 6.07) is 0. The summed E-state index contributed by atoms with van der Waals surface area (Å²) in [5.41, 5.74) is 0.862. The van der Waals surface area contributed by atoms with E-state index in [0.29, 0.717) is 23.6 Å². The minimum absolute atomic E-state index is 0.291. The number of ether oxygens (including phenoxy) is 1. The van der Waals surface area contributed by atoms with E-state index in [4.69, 9.17) is 4.74 Å². The van der Waals surface area contributed by atoms with Gasteiger partial charge in [-0.25, -0.2) is 9.78 Å². The van der Waals surface area contributed by atoms with Crippen LogP contribution in [-0.4, -0.2) is 17.6 Å². The van der Waals surface area contributed by atoms with Gasteiger partial charge in [-0.2, -0.15) is 0 Å². The second-order valence-corrected chi connectivity index (χ2v) is 6.16. The van der Waals surface area contributed by atoms with Crippen LogP contribution in [0.15, 0.2) is 0 Å². The molecule has 0 amide bonds. The topological polar surface area (TPSA) is 39.2 Å². The van der Waals surface area contributed by atoms with Gasteiger partial charge in [0.1, 0.15) is 0 Å². The van der Waals surface area contributed by atoms with Gasteiger partial charge in [0.2, 0.25) is 0 Å². The molecule has 2 rings (SSSR count). The molecule has 1 saturated carbocycles. The monoisotopic (exact) mass is 239 g/mol. The van der Waals surface area contributed by atoms with Gasteiger partial charge in [0.15, 0.2) is 5.69 Å². The smallest absolute Gasteiger partial charge is 0.358 e. The molecule has 1 heterocycles. The number of rotatable bonds is 3. The van der Waals surface area contributed by atoms with Gasteiger partial charge in [-0.1, -0.05) is 13.8 Å². The van der Waals surface area contributed by atoms with Crippen LogP contribution < -0.4 is 0 Å². The summed E-state index contributed by atoms with van der Waals surface area (Å²) in [5, 5.41) is 1.09. The van der Waals surface area contributed by atoms with Gasteiger partial charge in [0.25, 0.3) is 0 Å². The summed E-state index contributed by atoms with van der Waals surface area (Å²) in [4.78, 5) is 17.0. The summed E-state index contributed by atoms with van der Waals surface area (Å²) in [7, 11) is 0. The van der Waals surface area contributed by atoms with Crippen molar-refractivity contribution in [2.75, 3.05) is 6.61 Å². The van der Waals surface area contributed by atoms with E-state index < -0.39 is 0 Å². The molecule has 1 aliphatic rings. The first kappa shape index (κ1) is 11.6. The third-order valence-electron chi connectivity index (χ3n) is 3.09. The Morgan fingerprint density at radius 3 is 2.75 bits per heavy atom. The summed E-state index contributed by atoms with van der Waals surface area (Å²) < 4.78 is 4.98. The van der Waals surface area contributed by atoms with E-state index in [1.165, 1.54) is 6.42 Å². The Hall–Kier alpha value is -0.900. The van der Waals surface area contributed by atoms with E-state index in [2.05, 4.69) is 18.8 Å². The summed E-state index contributed by atoms with van der Waals surface area (Å²) >= 11 is 1.63. The molecule has 0 radical (unpaired) electrons. The van der Waals surface area contributed by atoms with Crippen LogP contribution >= 0.6 is 11.3 Å². The highest BCUT2D eigenvalue weighted by Crippen LogP contribution is 2.59. The van der Waals surface area contributed by atoms with Crippen LogP contribution in [0.25, 0.3) is 0 Å². The third kappa shape index (κ3) is 1.98. The molecule has 0 aliphatic heterocycles. The molecule has 1 aromatic rings. The fourth-order valence-electron chi connectivity index (χ4n) is 1.84. The van der Waals surface area contributed by atoms with Gasteiger partial charge in [-0.15, -0.1) is 11.3 Å². The maximum atomic E-state index is 11.6. The molecule has 0 saturated heterocycles. The van der Waals surface area contributed by atoms with Crippen molar-refractivity contribution in [2.45, 2.75) is 40.0 Å². The lowest BCUT2D eigenvalue weighted by Gasteiger charge is -1.99. The quantitative estimate of drug-likeness (QED) is 0.761. The Morgan fingerprint density at radius 2 is 2.25 bits per heavy atom. The molecule has 0 bridgehead atoms. The fraction of sp³-hybridized carbons (Fsp3) is 0.667. The molecule has 3 nitrogen and oxygen atoms in total. The Labute approximate surface area is 99.8 Å². The first-order valence-corrected chi connectivity index (χ1v) is 6.42. The van der Waals surface area contributed by atoms with Crippen LogP contribution in [0.1, 0.15) is 53.5 Å². The maximum absolute atomic E-state index is 11.6. The van der Waals surface area contributed by atoms with Crippen molar-refractivity contribution in [3.8, 4) is 0 Å². The number of carbonyl (C=O) groups is 1. The number of nitrogens with zero attached hydrogens (tertiary/aromatic N) is 1. The lowest BCUT2D eigenvalue weighted by molar-refractivity contribution is 0.0519. The number of carbonyl (C=O) groups excluding carboxylic acids is 1. The largest absolute Gasteiger partial charge is 0.461 e. The van der Waals surface area contributed by atoms with E-state index >= 15 is 0 Å². The van der Waals surface area contributed by atoms with Crippen LogP contribution in [-0.2, 0) is 4.74 Å². The highest BCUT2D eigenvalue weighted by molar-refractivity contribution is 7.12. The van der Waals surface area contributed by atoms with Crippen molar-refractivity contribution >= 4 is 17.3 Å². The second kappa shape index (κ2) is 3.84.